The molecule has 5 heteroatoms. The van der Waals surface area contributed by atoms with Gasteiger partial charge in [-0.25, -0.2) is 0 Å². The minimum absolute atomic E-state index is 0.00743. The van der Waals surface area contributed by atoms with Crippen LogP contribution in [0.3, 0.4) is 0 Å². The van der Waals surface area contributed by atoms with Gasteiger partial charge in [0, 0.05) is 12.6 Å². The lowest BCUT2D eigenvalue weighted by atomic mass is 9.67. The number of nitrogens with zero attached hydrogens (tertiary/aromatic N) is 1. The van der Waals surface area contributed by atoms with E-state index in [1.54, 1.807) is 0 Å². The van der Waals surface area contributed by atoms with Gasteiger partial charge in [0.1, 0.15) is 16.7 Å². The molecule has 3 aliphatic rings. The summed E-state index contributed by atoms with van der Waals surface area (Å²) in [7, 11) is 2.91. The third kappa shape index (κ3) is 1.51. The maximum atomic E-state index is 13.0. The van der Waals surface area contributed by atoms with Gasteiger partial charge in [-0.1, -0.05) is 30.3 Å². The zero-order valence-corrected chi connectivity index (χ0v) is 13.2. The summed E-state index contributed by atoms with van der Waals surface area (Å²) in [6.07, 6.45) is 2.97. The average molecular weight is 313 g/mol. The van der Waals surface area contributed by atoms with E-state index in [4.69, 9.17) is 9.47 Å². The molecule has 120 valence electrons. The zero-order chi connectivity index (χ0) is 16.2. The maximum Gasteiger partial charge on any atom is 0.321 e. The van der Waals surface area contributed by atoms with E-state index in [2.05, 4.69) is 4.90 Å². The van der Waals surface area contributed by atoms with Gasteiger partial charge in [-0.15, -0.1) is 0 Å². The molecule has 2 aliphatic heterocycles. The Hall–Kier alpha value is -2.14. The molecule has 4 rings (SSSR count). The van der Waals surface area contributed by atoms with E-state index in [-0.39, 0.29) is 17.8 Å². The van der Waals surface area contributed by atoms with Crippen molar-refractivity contribution in [1.29, 1.82) is 0 Å². The van der Waals surface area contributed by atoms with Gasteiger partial charge in [-0.2, -0.15) is 0 Å². The van der Waals surface area contributed by atoms with Crippen LogP contribution < -0.4 is 0 Å². The Bertz CT molecular complexity index is 713. The first kappa shape index (κ1) is 14.5. The van der Waals surface area contributed by atoms with Gasteiger partial charge < -0.3 is 9.47 Å². The van der Waals surface area contributed by atoms with Crippen LogP contribution in [0.2, 0.25) is 0 Å². The molecule has 23 heavy (non-hydrogen) atoms. The number of fused-ring (bicyclic) bond motifs is 1. The number of ketones is 1. The van der Waals surface area contributed by atoms with Crippen molar-refractivity contribution in [1.82, 2.24) is 4.90 Å². The second-order valence-corrected chi connectivity index (χ2v) is 6.37. The minimum Gasteiger partial charge on any atom is -0.500 e. The molecular formula is C18H19NO4. The van der Waals surface area contributed by atoms with E-state index in [1.165, 1.54) is 20.3 Å². The van der Waals surface area contributed by atoms with Crippen molar-refractivity contribution in [2.45, 2.75) is 24.4 Å². The largest absolute Gasteiger partial charge is 0.500 e. The molecule has 0 radical (unpaired) electrons. The van der Waals surface area contributed by atoms with Crippen molar-refractivity contribution >= 4 is 11.8 Å². The Morgan fingerprint density at radius 2 is 2.00 bits per heavy atom. The van der Waals surface area contributed by atoms with E-state index in [1.807, 2.05) is 30.3 Å². The minimum atomic E-state index is -0.883. The second-order valence-electron chi connectivity index (χ2n) is 6.37. The van der Waals surface area contributed by atoms with Gasteiger partial charge in [0.05, 0.1) is 20.3 Å². The molecule has 5 nitrogen and oxygen atoms in total. The molecule has 1 aromatic rings. The quantitative estimate of drug-likeness (QED) is 0.627. The standard InChI is InChI=1S/C18H19NO4/c1-22-14-11-13(20)18(12-7-4-3-5-8-12)15-17(14,16(21)23-2)9-6-10-19(15)18/h3-5,7-8,11,15H,6,9-10H2,1-2H3/t15-,17+,18+,19?/m0/s1. The molecule has 0 N–H and O–H groups in total. The molecule has 0 saturated carbocycles. The van der Waals surface area contributed by atoms with Crippen molar-refractivity contribution in [2.24, 2.45) is 5.41 Å². The molecule has 1 aliphatic carbocycles. The van der Waals surface area contributed by atoms with Gasteiger partial charge in [0.15, 0.2) is 5.78 Å². The highest BCUT2D eigenvalue weighted by Crippen LogP contribution is 2.66. The van der Waals surface area contributed by atoms with Gasteiger partial charge in [0.25, 0.3) is 0 Å². The van der Waals surface area contributed by atoms with E-state index >= 15 is 0 Å². The first-order chi connectivity index (χ1) is 11.1. The lowest BCUT2D eigenvalue weighted by Crippen LogP contribution is -2.48. The molecule has 2 fully saturated rings. The summed E-state index contributed by atoms with van der Waals surface area (Å²) >= 11 is 0. The van der Waals surface area contributed by atoms with Crippen molar-refractivity contribution in [3.63, 3.8) is 0 Å². The summed E-state index contributed by atoms with van der Waals surface area (Å²) in [5.74, 6) is 0.116. The number of benzene rings is 1. The van der Waals surface area contributed by atoms with Crippen molar-refractivity contribution in [2.75, 3.05) is 20.8 Å². The van der Waals surface area contributed by atoms with Gasteiger partial charge in [-0.05, 0) is 18.4 Å². The first-order valence-corrected chi connectivity index (χ1v) is 7.85. The van der Waals surface area contributed by atoms with E-state index < -0.39 is 11.0 Å². The number of esters is 1. The lowest BCUT2D eigenvalue weighted by molar-refractivity contribution is -0.155. The Morgan fingerprint density at radius 3 is 2.65 bits per heavy atom. The summed E-state index contributed by atoms with van der Waals surface area (Å²) in [6.45, 7) is 0.800. The number of carbonyl (C=O) groups is 2. The summed E-state index contributed by atoms with van der Waals surface area (Å²) in [5, 5.41) is 0. The Labute approximate surface area is 134 Å². The number of hydrogen-bond donors (Lipinski definition) is 0. The molecule has 2 heterocycles. The Kier molecular flexibility index (Phi) is 2.94. The lowest BCUT2D eigenvalue weighted by Gasteiger charge is -2.37. The van der Waals surface area contributed by atoms with Crippen LogP contribution in [0.5, 0.6) is 0 Å². The summed E-state index contributed by atoms with van der Waals surface area (Å²) < 4.78 is 10.6. The average Bonchev–Trinajstić information content (AvgIpc) is 3.30. The van der Waals surface area contributed by atoms with E-state index in [0.717, 1.165) is 18.5 Å². The van der Waals surface area contributed by atoms with Crippen molar-refractivity contribution in [3.05, 3.63) is 47.7 Å². The molecule has 0 spiro atoms. The number of ether oxygens (including phenoxy) is 2. The van der Waals surface area contributed by atoms with Crippen molar-refractivity contribution in [3.8, 4) is 0 Å². The monoisotopic (exact) mass is 313 g/mol. The fourth-order valence-corrected chi connectivity index (χ4v) is 4.72. The third-order valence-corrected chi connectivity index (χ3v) is 5.59. The zero-order valence-electron chi connectivity index (χ0n) is 13.2. The fraction of sp³-hybridized carbons (Fsp3) is 0.444. The Morgan fingerprint density at radius 1 is 1.26 bits per heavy atom. The predicted molar refractivity (Wildman–Crippen MR) is 82.4 cm³/mol. The molecule has 0 amide bonds. The van der Waals surface area contributed by atoms with Gasteiger partial charge in [0.2, 0.25) is 0 Å². The molecule has 4 atom stereocenters. The Balaban J connectivity index is 1.94. The van der Waals surface area contributed by atoms with E-state index in [9.17, 15) is 9.59 Å². The first-order valence-electron chi connectivity index (χ1n) is 7.85. The maximum absolute atomic E-state index is 13.0. The van der Waals surface area contributed by atoms with E-state index in [0.29, 0.717) is 12.2 Å². The van der Waals surface area contributed by atoms with Gasteiger partial charge >= 0.3 is 5.97 Å². The van der Waals surface area contributed by atoms with Crippen LogP contribution in [0, 0.1) is 5.41 Å². The topological polar surface area (TPSA) is 55.6 Å². The highest BCUT2D eigenvalue weighted by Gasteiger charge is 2.80. The summed E-state index contributed by atoms with van der Waals surface area (Å²) in [5.41, 5.74) is -0.684. The normalized spacial score (nSPS) is 37.5. The smallest absolute Gasteiger partial charge is 0.321 e. The van der Waals surface area contributed by atoms with Gasteiger partial charge in [-0.3, -0.25) is 14.5 Å². The van der Waals surface area contributed by atoms with Crippen molar-refractivity contribution < 1.29 is 19.1 Å². The fourth-order valence-electron chi connectivity index (χ4n) is 4.72. The third-order valence-electron chi connectivity index (χ3n) is 5.59. The van der Waals surface area contributed by atoms with Crippen LogP contribution >= 0.6 is 0 Å². The SMILES string of the molecule is COC(=O)[C@@]12CCCN3[C@@H]1[C@@]3(c1ccccc1)C(=O)C=C2OC. The molecule has 2 saturated heterocycles. The van der Waals surface area contributed by atoms with Crippen LogP contribution in [0.25, 0.3) is 0 Å². The summed E-state index contributed by atoms with van der Waals surface area (Å²) in [6, 6.07) is 9.49. The molecular weight excluding hydrogens is 294 g/mol. The number of methoxy groups -OCH3 is 2. The second kappa shape index (κ2) is 4.68. The predicted octanol–water partition coefficient (Wildman–Crippen LogP) is 1.63. The van der Waals surface area contributed by atoms with Crippen LogP contribution in [0.1, 0.15) is 18.4 Å². The molecule has 0 aromatic heterocycles. The highest BCUT2D eigenvalue weighted by molar-refractivity contribution is 6.07. The summed E-state index contributed by atoms with van der Waals surface area (Å²) in [4.78, 5) is 27.8. The van der Waals surface area contributed by atoms with Crippen LogP contribution in [-0.4, -0.2) is 43.5 Å². The molecule has 0 bridgehead atoms. The molecule has 1 unspecified atom stereocenters. The van der Waals surface area contributed by atoms with Crippen LogP contribution in [-0.2, 0) is 24.6 Å². The molecule has 1 aromatic carbocycles. The number of rotatable bonds is 3. The van der Waals surface area contributed by atoms with Crippen LogP contribution in [0.4, 0.5) is 0 Å². The number of piperidine rings is 1. The van der Waals surface area contributed by atoms with Crippen LogP contribution in [0.15, 0.2) is 42.2 Å². The number of carbonyl (C=O) groups excluding carboxylic acids is 2. The number of hydrogen-bond acceptors (Lipinski definition) is 5. The highest BCUT2D eigenvalue weighted by atomic mass is 16.5.